The van der Waals surface area contributed by atoms with Gasteiger partial charge in [0, 0.05) is 37.2 Å². The van der Waals surface area contributed by atoms with Gasteiger partial charge in [0.1, 0.15) is 0 Å². The number of benzene rings is 1. The van der Waals surface area contributed by atoms with Gasteiger partial charge in [-0.25, -0.2) is 0 Å². The molecule has 2 amide bonds. The zero-order chi connectivity index (χ0) is 18.5. The predicted octanol–water partition coefficient (Wildman–Crippen LogP) is 1.42. The molecule has 1 aliphatic carbocycles. The lowest BCUT2D eigenvalue weighted by atomic mass is 9.84. The Morgan fingerprint density at radius 1 is 1.12 bits per heavy atom. The van der Waals surface area contributed by atoms with Crippen molar-refractivity contribution < 1.29 is 14.7 Å². The summed E-state index contributed by atoms with van der Waals surface area (Å²) in [4.78, 5) is 26.7. The lowest BCUT2D eigenvalue weighted by Crippen LogP contribution is -2.44. The van der Waals surface area contributed by atoms with E-state index in [2.05, 4.69) is 5.32 Å². The summed E-state index contributed by atoms with van der Waals surface area (Å²) in [5.74, 6) is -0.123. The highest BCUT2D eigenvalue weighted by molar-refractivity contribution is 5.94. The highest BCUT2D eigenvalue weighted by Crippen LogP contribution is 2.24. The zero-order valence-electron chi connectivity index (χ0n) is 15.2. The van der Waals surface area contributed by atoms with Crippen molar-refractivity contribution in [1.29, 1.82) is 0 Å². The van der Waals surface area contributed by atoms with Gasteiger partial charge in [-0.1, -0.05) is 12.1 Å². The second-order valence-corrected chi connectivity index (χ2v) is 7.51. The summed E-state index contributed by atoms with van der Waals surface area (Å²) < 4.78 is 0. The van der Waals surface area contributed by atoms with Crippen LogP contribution >= 0.6 is 0 Å². The van der Waals surface area contributed by atoms with Crippen LogP contribution in [0.1, 0.15) is 54.4 Å². The molecule has 6 nitrogen and oxygen atoms in total. The van der Waals surface area contributed by atoms with Gasteiger partial charge in [0.25, 0.3) is 5.91 Å². The number of nitrogens with one attached hydrogen (secondary N) is 1. The van der Waals surface area contributed by atoms with Crippen LogP contribution in [0.15, 0.2) is 24.3 Å². The summed E-state index contributed by atoms with van der Waals surface area (Å²) in [5.41, 5.74) is 7.45. The van der Waals surface area contributed by atoms with Crippen molar-refractivity contribution in [3.05, 3.63) is 35.4 Å². The molecule has 1 aliphatic heterocycles. The van der Waals surface area contributed by atoms with E-state index in [0.29, 0.717) is 31.4 Å². The summed E-state index contributed by atoms with van der Waals surface area (Å²) in [7, 11) is 0. The number of rotatable bonds is 4. The third kappa shape index (κ3) is 4.62. The molecule has 1 heterocycles. The van der Waals surface area contributed by atoms with Crippen molar-refractivity contribution in [3.8, 4) is 0 Å². The first kappa shape index (κ1) is 18.9. The monoisotopic (exact) mass is 359 g/mol. The van der Waals surface area contributed by atoms with Crippen molar-refractivity contribution in [3.63, 3.8) is 0 Å². The van der Waals surface area contributed by atoms with Gasteiger partial charge >= 0.3 is 0 Å². The van der Waals surface area contributed by atoms with Crippen molar-refractivity contribution >= 4 is 11.8 Å². The molecule has 0 spiro atoms. The summed E-state index contributed by atoms with van der Waals surface area (Å²) >= 11 is 0. The van der Waals surface area contributed by atoms with Gasteiger partial charge in [-0.05, 0) is 56.2 Å². The quantitative estimate of drug-likeness (QED) is 0.757. The number of nitrogens with two attached hydrogens (primary N) is 1. The number of nitrogens with zero attached hydrogens (tertiary/aromatic N) is 1. The zero-order valence-corrected chi connectivity index (χ0v) is 15.2. The Hall–Kier alpha value is -1.92. The minimum Gasteiger partial charge on any atom is -0.391 e. The lowest BCUT2D eigenvalue weighted by molar-refractivity contribution is -0.127. The van der Waals surface area contributed by atoms with E-state index < -0.39 is 6.10 Å². The van der Waals surface area contributed by atoms with Gasteiger partial charge < -0.3 is 21.1 Å². The Bertz CT molecular complexity index is 626. The van der Waals surface area contributed by atoms with Gasteiger partial charge in [0.15, 0.2) is 0 Å². The van der Waals surface area contributed by atoms with E-state index in [4.69, 9.17) is 5.73 Å². The number of carbonyl (C=O) groups is 2. The maximum atomic E-state index is 12.5. The predicted molar refractivity (Wildman–Crippen MR) is 99.4 cm³/mol. The minimum atomic E-state index is -0.598. The molecule has 3 rings (SSSR count). The van der Waals surface area contributed by atoms with Crippen LogP contribution in [0.3, 0.4) is 0 Å². The fraction of sp³-hybridized carbons (Fsp3) is 0.600. The molecule has 0 bridgehead atoms. The van der Waals surface area contributed by atoms with E-state index in [1.54, 1.807) is 0 Å². The number of piperidine rings is 1. The van der Waals surface area contributed by atoms with E-state index in [0.717, 1.165) is 31.5 Å². The summed E-state index contributed by atoms with van der Waals surface area (Å²) in [6.07, 6.45) is 4.58. The SMILES string of the molecule is N[C@H]1CC[C@H](C(=O)NCc2ccc(C(=O)N3CCCCC3)cc2)C[C@@H]1O. The van der Waals surface area contributed by atoms with Gasteiger partial charge in [-0.3, -0.25) is 9.59 Å². The number of amides is 2. The van der Waals surface area contributed by atoms with Crippen LogP contribution in [-0.2, 0) is 11.3 Å². The first-order valence-corrected chi connectivity index (χ1v) is 9.64. The Balaban J connectivity index is 1.49. The first-order valence-electron chi connectivity index (χ1n) is 9.64. The van der Waals surface area contributed by atoms with Crippen molar-refractivity contribution in [1.82, 2.24) is 10.2 Å². The van der Waals surface area contributed by atoms with E-state index in [-0.39, 0.29) is 23.8 Å². The molecule has 0 aromatic heterocycles. The topological polar surface area (TPSA) is 95.7 Å². The molecule has 1 aromatic rings. The van der Waals surface area contributed by atoms with Gasteiger partial charge in [0.2, 0.25) is 5.91 Å². The first-order chi connectivity index (χ1) is 12.5. The van der Waals surface area contributed by atoms with Crippen LogP contribution in [0.2, 0.25) is 0 Å². The lowest BCUT2D eigenvalue weighted by Gasteiger charge is -2.30. The highest BCUT2D eigenvalue weighted by atomic mass is 16.3. The minimum absolute atomic E-state index is 0.0376. The molecule has 2 fully saturated rings. The molecule has 2 aliphatic rings. The Labute approximate surface area is 154 Å². The van der Waals surface area contributed by atoms with Gasteiger partial charge in [-0.15, -0.1) is 0 Å². The highest BCUT2D eigenvalue weighted by Gasteiger charge is 2.30. The Morgan fingerprint density at radius 3 is 2.46 bits per heavy atom. The average Bonchev–Trinajstić information content (AvgIpc) is 2.68. The van der Waals surface area contributed by atoms with Crippen LogP contribution in [0, 0.1) is 5.92 Å². The standard InChI is InChI=1S/C20H29N3O3/c21-17-9-8-16(12-18(17)24)19(25)22-13-14-4-6-15(7-5-14)20(26)23-10-2-1-3-11-23/h4-7,16-18,24H,1-3,8-13,21H2,(H,22,25)/t16-,17-,18-/m0/s1. The number of likely N-dealkylation sites (tertiary alicyclic amines) is 1. The van der Waals surface area contributed by atoms with Crippen molar-refractivity contribution in [2.45, 2.75) is 57.2 Å². The fourth-order valence-corrected chi connectivity index (χ4v) is 3.79. The van der Waals surface area contributed by atoms with Crippen LogP contribution in [-0.4, -0.2) is 47.1 Å². The molecule has 4 N–H and O–H groups in total. The summed E-state index contributed by atoms with van der Waals surface area (Å²) in [6.45, 7) is 2.11. The summed E-state index contributed by atoms with van der Waals surface area (Å²) in [6, 6.07) is 7.24. The maximum Gasteiger partial charge on any atom is 0.253 e. The molecule has 6 heteroatoms. The summed E-state index contributed by atoms with van der Waals surface area (Å²) in [5, 5.41) is 12.8. The van der Waals surface area contributed by atoms with Crippen LogP contribution in [0.25, 0.3) is 0 Å². The normalized spacial score (nSPS) is 26.4. The van der Waals surface area contributed by atoms with E-state index in [9.17, 15) is 14.7 Å². The molecule has 3 atom stereocenters. The second kappa shape index (κ2) is 8.64. The third-order valence-corrected chi connectivity index (χ3v) is 5.55. The molecule has 0 unspecified atom stereocenters. The third-order valence-electron chi connectivity index (χ3n) is 5.55. The van der Waals surface area contributed by atoms with Gasteiger partial charge in [0.05, 0.1) is 6.10 Å². The number of aliphatic hydroxyl groups is 1. The second-order valence-electron chi connectivity index (χ2n) is 7.51. The van der Waals surface area contributed by atoms with E-state index in [1.165, 1.54) is 6.42 Å². The maximum absolute atomic E-state index is 12.5. The Kier molecular flexibility index (Phi) is 6.27. The largest absolute Gasteiger partial charge is 0.391 e. The Morgan fingerprint density at radius 2 is 1.81 bits per heavy atom. The number of hydrogen-bond donors (Lipinski definition) is 3. The van der Waals surface area contributed by atoms with Crippen molar-refractivity contribution in [2.75, 3.05) is 13.1 Å². The van der Waals surface area contributed by atoms with Gasteiger partial charge in [-0.2, -0.15) is 0 Å². The number of aliphatic hydroxyl groups excluding tert-OH is 1. The average molecular weight is 359 g/mol. The van der Waals surface area contributed by atoms with E-state index >= 15 is 0 Å². The van der Waals surface area contributed by atoms with Crippen molar-refractivity contribution in [2.24, 2.45) is 11.7 Å². The smallest absolute Gasteiger partial charge is 0.253 e. The molecule has 1 saturated carbocycles. The molecule has 1 saturated heterocycles. The fourth-order valence-electron chi connectivity index (χ4n) is 3.79. The van der Waals surface area contributed by atoms with Crippen LogP contribution in [0.5, 0.6) is 0 Å². The molecular weight excluding hydrogens is 330 g/mol. The van der Waals surface area contributed by atoms with Crippen LogP contribution in [0.4, 0.5) is 0 Å². The number of carbonyl (C=O) groups excluding carboxylic acids is 2. The molecule has 142 valence electrons. The molecule has 1 aromatic carbocycles. The van der Waals surface area contributed by atoms with E-state index in [1.807, 2.05) is 29.2 Å². The molecule has 0 radical (unpaired) electrons. The molecular formula is C20H29N3O3. The van der Waals surface area contributed by atoms with Crippen LogP contribution < -0.4 is 11.1 Å². The molecule has 26 heavy (non-hydrogen) atoms. The number of hydrogen-bond acceptors (Lipinski definition) is 4.